The molecular formula is C9H13N3O4S2. The number of aryl methyl sites for hydroxylation is 1. The molecule has 0 saturated carbocycles. The smallest absolute Gasteiger partial charge is 0.305 e. The van der Waals surface area contributed by atoms with Gasteiger partial charge in [0.2, 0.25) is 5.91 Å². The molecular weight excluding hydrogens is 278 g/mol. The second kappa shape index (κ2) is 4.48. The van der Waals surface area contributed by atoms with Gasteiger partial charge in [-0.15, -0.1) is 0 Å². The maximum Gasteiger partial charge on any atom is 0.305 e. The van der Waals surface area contributed by atoms with E-state index >= 15 is 0 Å². The molecule has 1 amide bonds. The molecule has 0 atom stereocenters. The summed E-state index contributed by atoms with van der Waals surface area (Å²) in [5.74, 6) is -0.245. The van der Waals surface area contributed by atoms with E-state index in [1.807, 2.05) is 0 Å². The summed E-state index contributed by atoms with van der Waals surface area (Å²) in [7, 11) is -2.12. The summed E-state index contributed by atoms with van der Waals surface area (Å²) < 4.78 is 25.7. The van der Waals surface area contributed by atoms with Gasteiger partial charge in [-0.05, 0) is 6.92 Å². The zero-order valence-corrected chi connectivity index (χ0v) is 11.6. The first-order valence-electron chi connectivity index (χ1n) is 5.26. The van der Waals surface area contributed by atoms with E-state index in [0.29, 0.717) is 23.6 Å². The summed E-state index contributed by atoms with van der Waals surface area (Å²) in [5.41, 5.74) is 0.316. The van der Waals surface area contributed by atoms with E-state index in [2.05, 4.69) is 4.98 Å². The standard InChI is InChI=1S/C9H13N3O4S2/c1-6-8(17-9(14)10-6)18(15,16)12-4-3-11(2)7(13)5-12/h3-5H2,1-2H3,(H,10,14). The number of nitrogens with one attached hydrogen (secondary N) is 1. The van der Waals surface area contributed by atoms with Gasteiger partial charge in [-0.2, -0.15) is 4.31 Å². The van der Waals surface area contributed by atoms with Crippen LogP contribution < -0.4 is 4.87 Å². The number of rotatable bonds is 2. The molecule has 18 heavy (non-hydrogen) atoms. The molecule has 1 N–H and O–H groups in total. The van der Waals surface area contributed by atoms with Crippen LogP contribution in [0.15, 0.2) is 9.00 Å². The van der Waals surface area contributed by atoms with Gasteiger partial charge in [0.1, 0.15) is 0 Å². The lowest BCUT2D eigenvalue weighted by atomic mass is 10.4. The van der Waals surface area contributed by atoms with E-state index in [1.54, 1.807) is 7.05 Å². The van der Waals surface area contributed by atoms with Crippen LogP contribution in [-0.4, -0.2) is 55.2 Å². The van der Waals surface area contributed by atoms with Crippen molar-refractivity contribution in [1.82, 2.24) is 14.2 Å². The summed E-state index contributed by atoms with van der Waals surface area (Å²) in [5, 5.41) is 0. The largest absolute Gasteiger partial charge is 0.343 e. The molecule has 7 nitrogen and oxygen atoms in total. The lowest BCUT2D eigenvalue weighted by molar-refractivity contribution is -0.132. The minimum absolute atomic E-state index is 0.00940. The Kier molecular flexibility index (Phi) is 3.30. The Morgan fingerprint density at radius 2 is 1.94 bits per heavy atom. The summed E-state index contributed by atoms with van der Waals surface area (Å²) in [6.45, 7) is 1.96. The number of nitrogens with zero attached hydrogens (tertiary/aromatic N) is 2. The zero-order chi connectivity index (χ0) is 13.5. The monoisotopic (exact) mass is 291 g/mol. The molecule has 0 bridgehead atoms. The topological polar surface area (TPSA) is 90.5 Å². The fourth-order valence-electron chi connectivity index (χ4n) is 1.70. The van der Waals surface area contributed by atoms with Gasteiger partial charge in [-0.3, -0.25) is 9.59 Å². The van der Waals surface area contributed by atoms with Crippen LogP contribution in [-0.2, 0) is 14.8 Å². The maximum atomic E-state index is 12.3. The van der Waals surface area contributed by atoms with Crippen LogP contribution >= 0.6 is 11.3 Å². The van der Waals surface area contributed by atoms with E-state index in [4.69, 9.17) is 0 Å². The lowest BCUT2D eigenvalue weighted by Gasteiger charge is -2.30. The van der Waals surface area contributed by atoms with Gasteiger partial charge in [-0.1, -0.05) is 11.3 Å². The Labute approximate surface area is 108 Å². The number of hydrogen-bond acceptors (Lipinski definition) is 5. The van der Waals surface area contributed by atoms with Gasteiger partial charge in [0.25, 0.3) is 10.0 Å². The second-order valence-electron chi connectivity index (χ2n) is 4.08. The molecule has 1 aliphatic rings. The number of amides is 1. The number of hydrogen-bond donors (Lipinski definition) is 1. The van der Waals surface area contributed by atoms with Crippen molar-refractivity contribution in [3.05, 3.63) is 15.4 Å². The van der Waals surface area contributed by atoms with Gasteiger partial charge >= 0.3 is 4.87 Å². The molecule has 100 valence electrons. The zero-order valence-electron chi connectivity index (χ0n) is 9.97. The molecule has 0 radical (unpaired) electrons. The minimum atomic E-state index is -3.76. The maximum absolute atomic E-state index is 12.3. The van der Waals surface area contributed by atoms with Crippen molar-refractivity contribution in [1.29, 1.82) is 0 Å². The second-order valence-corrected chi connectivity index (χ2v) is 7.20. The van der Waals surface area contributed by atoms with E-state index < -0.39 is 14.9 Å². The van der Waals surface area contributed by atoms with Crippen LogP contribution in [0.3, 0.4) is 0 Å². The normalized spacial score (nSPS) is 18.3. The first kappa shape index (κ1) is 13.2. The van der Waals surface area contributed by atoms with Crippen molar-refractivity contribution in [3.63, 3.8) is 0 Å². The minimum Gasteiger partial charge on any atom is -0.343 e. The first-order chi connectivity index (χ1) is 8.32. The number of aromatic amines is 1. The van der Waals surface area contributed by atoms with E-state index in [-0.39, 0.29) is 23.2 Å². The highest BCUT2D eigenvalue weighted by Crippen LogP contribution is 2.22. The Bertz CT molecular complexity index is 630. The third-order valence-corrected chi connectivity index (χ3v) is 6.20. The number of sulfonamides is 1. The van der Waals surface area contributed by atoms with Gasteiger partial charge in [0.15, 0.2) is 4.21 Å². The van der Waals surface area contributed by atoms with Gasteiger partial charge in [-0.25, -0.2) is 8.42 Å². The van der Waals surface area contributed by atoms with Crippen LogP contribution in [0.1, 0.15) is 5.69 Å². The fourth-order valence-corrected chi connectivity index (χ4v) is 4.51. The van der Waals surface area contributed by atoms with Gasteiger partial charge in [0.05, 0.1) is 6.54 Å². The number of H-pyrrole nitrogens is 1. The van der Waals surface area contributed by atoms with Crippen molar-refractivity contribution in [2.24, 2.45) is 0 Å². The van der Waals surface area contributed by atoms with Crippen LogP contribution in [0.5, 0.6) is 0 Å². The first-order valence-corrected chi connectivity index (χ1v) is 7.52. The number of carbonyl (C=O) groups is 1. The third-order valence-electron chi connectivity index (χ3n) is 2.78. The van der Waals surface area contributed by atoms with Gasteiger partial charge in [0, 0.05) is 25.8 Å². The van der Waals surface area contributed by atoms with Crippen LogP contribution in [0, 0.1) is 6.92 Å². The van der Waals surface area contributed by atoms with E-state index in [0.717, 1.165) is 4.31 Å². The van der Waals surface area contributed by atoms with E-state index in [1.165, 1.54) is 11.8 Å². The quantitative estimate of drug-likeness (QED) is 0.773. The summed E-state index contributed by atoms with van der Waals surface area (Å²) in [6.07, 6.45) is 0. The molecule has 2 heterocycles. The van der Waals surface area contributed by atoms with Crippen LogP contribution in [0.25, 0.3) is 0 Å². The summed E-state index contributed by atoms with van der Waals surface area (Å²) in [6, 6.07) is 0. The molecule has 0 spiro atoms. The molecule has 0 unspecified atom stereocenters. The number of piperazine rings is 1. The van der Waals surface area contributed by atoms with Crippen molar-refractivity contribution in [2.75, 3.05) is 26.7 Å². The molecule has 1 aromatic rings. The van der Waals surface area contributed by atoms with Crippen molar-refractivity contribution >= 4 is 27.3 Å². The van der Waals surface area contributed by atoms with Crippen LogP contribution in [0.2, 0.25) is 0 Å². The molecule has 1 aliphatic heterocycles. The molecule has 0 aliphatic carbocycles. The van der Waals surface area contributed by atoms with Crippen molar-refractivity contribution in [2.45, 2.75) is 11.1 Å². The molecule has 1 fully saturated rings. The van der Waals surface area contributed by atoms with Gasteiger partial charge < -0.3 is 9.88 Å². The number of carbonyl (C=O) groups excluding carboxylic acids is 1. The lowest BCUT2D eigenvalue weighted by Crippen LogP contribution is -2.50. The molecule has 1 saturated heterocycles. The molecule has 2 rings (SSSR count). The van der Waals surface area contributed by atoms with Crippen molar-refractivity contribution in [3.8, 4) is 0 Å². The fraction of sp³-hybridized carbons (Fsp3) is 0.556. The number of thiazole rings is 1. The Morgan fingerprint density at radius 3 is 2.44 bits per heavy atom. The third kappa shape index (κ3) is 2.20. The molecule has 0 aromatic carbocycles. The SMILES string of the molecule is Cc1[nH]c(=O)sc1S(=O)(=O)N1CCN(C)C(=O)C1. The number of likely N-dealkylation sites (N-methyl/N-ethyl adjacent to an activating group) is 1. The Hall–Kier alpha value is -1.19. The Morgan fingerprint density at radius 1 is 1.28 bits per heavy atom. The molecule has 1 aromatic heterocycles. The predicted molar refractivity (Wildman–Crippen MR) is 66.1 cm³/mol. The van der Waals surface area contributed by atoms with E-state index in [9.17, 15) is 18.0 Å². The predicted octanol–water partition coefficient (Wildman–Crippen LogP) is -0.792. The summed E-state index contributed by atoms with van der Waals surface area (Å²) >= 11 is 0.651. The highest BCUT2D eigenvalue weighted by atomic mass is 32.2. The highest BCUT2D eigenvalue weighted by molar-refractivity contribution is 7.91. The average molecular weight is 291 g/mol. The molecule has 9 heteroatoms. The van der Waals surface area contributed by atoms with Crippen molar-refractivity contribution < 1.29 is 13.2 Å². The number of aromatic nitrogens is 1. The Balaban J connectivity index is 2.35. The highest BCUT2D eigenvalue weighted by Gasteiger charge is 2.33. The average Bonchev–Trinajstić information content (AvgIpc) is 2.62. The summed E-state index contributed by atoms with van der Waals surface area (Å²) in [4.78, 5) is 26.2. The van der Waals surface area contributed by atoms with Crippen LogP contribution in [0.4, 0.5) is 0 Å².